The molecule has 0 saturated heterocycles. The van der Waals surface area contributed by atoms with Crippen LogP contribution in [0.4, 0.5) is 0 Å². The van der Waals surface area contributed by atoms with Gasteiger partial charge in [0, 0.05) is 6.42 Å². The first-order valence-corrected chi connectivity index (χ1v) is 9.39. The molecule has 3 unspecified atom stereocenters. The lowest BCUT2D eigenvalue weighted by atomic mass is 10.0. The Morgan fingerprint density at radius 1 is 0.812 bits per heavy atom. The van der Waals surface area contributed by atoms with Crippen LogP contribution in [0.15, 0.2) is 30.3 Å². The summed E-state index contributed by atoms with van der Waals surface area (Å²) in [7, 11) is 0. The highest BCUT2D eigenvalue weighted by molar-refractivity contribution is 5.96. The predicted octanol–water partition coefficient (Wildman–Crippen LogP) is -2.92. The quantitative estimate of drug-likeness (QED) is 0.162. The van der Waals surface area contributed by atoms with E-state index in [2.05, 4.69) is 16.0 Å². The third kappa shape index (κ3) is 9.67. The fourth-order valence-corrected chi connectivity index (χ4v) is 2.59. The number of hydrogen-bond acceptors (Lipinski definition) is 7. The highest BCUT2D eigenvalue weighted by Crippen LogP contribution is 2.05. The molecule has 1 aromatic carbocycles. The van der Waals surface area contributed by atoms with Crippen LogP contribution >= 0.6 is 0 Å². The molecule has 0 aliphatic rings. The van der Waals surface area contributed by atoms with Gasteiger partial charge in [-0.3, -0.25) is 28.8 Å². The van der Waals surface area contributed by atoms with Gasteiger partial charge in [0.25, 0.3) is 0 Å². The lowest BCUT2D eigenvalue weighted by Crippen LogP contribution is -2.57. The first-order chi connectivity index (χ1) is 15.0. The number of hydrogen-bond donors (Lipinski definition) is 7. The number of benzene rings is 1. The molecule has 13 heteroatoms. The zero-order chi connectivity index (χ0) is 24.3. The number of rotatable bonds is 13. The zero-order valence-electron chi connectivity index (χ0n) is 16.9. The van der Waals surface area contributed by atoms with Crippen molar-refractivity contribution < 1.29 is 39.0 Å². The second-order valence-electron chi connectivity index (χ2n) is 6.80. The zero-order valence-corrected chi connectivity index (χ0v) is 16.9. The number of nitrogens with one attached hydrogen (secondary N) is 3. The molecule has 0 radical (unpaired) electrons. The smallest absolute Gasteiger partial charge is 0.322 e. The highest BCUT2D eigenvalue weighted by atomic mass is 16.4. The molecule has 1 aromatic rings. The van der Waals surface area contributed by atoms with Gasteiger partial charge in [0.1, 0.15) is 18.6 Å². The Bertz CT molecular complexity index is 861. The fourth-order valence-electron chi connectivity index (χ4n) is 2.59. The molecule has 0 saturated carbocycles. The van der Waals surface area contributed by atoms with Gasteiger partial charge in [-0.15, -0.1) is 0 Å². The summed E-state index contributed by atoms with van der Waals surface area (Å²) in [6, 6.07) is 4.16. The molecule has 3 atom stereocenters. The molecule has 0 spiro atoms. The Morgan fingerprint density at radius 2 is 1.41 bits per heavy atom. The van der Waals surface area contributed by atoms with Gasteiger partial charge in [0.05, 0.1) is 18.9 Å². The number of primary amides is 1. The monoisotopic (exact) mass is 451 g/mol. The van der Waals surface area contributed by atoms with E-state index < -0.39 is 73.1 Å². The molecule has 9 N–H and O–H groups in total. The number of amides is 4. The van der Waals surface area contributed by atoms with E-state index >= 15 is 0 Å². The van der Waals surface area contributed by atoms with Crippen LogP contribution in [0.25, 0.3) is 0 Å². The minimum absolute atomic E-state index is 0.0348. The van der Waals surface area contributed by atoms with E-state index in [4.69, 9.17) is 21.7 Å². The molecule has 4 amide bonds. The molecule has 0 aliphatic heterocycles. The number of carboxylic acid groups (broad SMARTS) is 2. The van der Waals surface area contributed by atoms with Crippen molar-refractivity contribution in [3.05, 3.63) is 35.9 Å². The second-order valence-corrected chi connectivity index (χ2v) is 6.80. The van der Waals surface area contributed by atoms with E-state index in [1.165, 1.54) is 0 Å². The average molecular weight is 451 g/mol. The van der Waals surface area contributed by atoms with Crippen molar-refractivity contribution >= 4 is 35.6 Å². The SMILES string of the molecule is NC(=O)CC(N)C(=O)NC(CC(=O)O)C(=O)NC(Cc1ccccc1)C(=O)NCC(=O)O. The first-order valence-electron chi connectivity index (χ1n) is 9.39. The Balaban J connectivity index is 3.00. The summed E-state index contributed by atoms with van der Waals surface area (Å²) < 4.78 is 0. The summed E-state index contributed by atoms with van der Waals surface area (Å²) in [4.78, 5) is 70.0. The van der Waals surface area contributed by atoms with Crippen LogP contribution in [0.5, 0.6) is 0 Å². The fraction of sp³-hybridized carbons (Fsp3) is 0.368. The normalized spacial score (nSPS) is 13.2. The van der Waals surface area contributed by atoms with Crippen molar-refractivity contribution in [1.82, 2.24) is 16.0 Å². The van der Waals surface area contributed by atoms with Crippen LogP contribution in [0, 0.1) is 0 Å². The summed E-state index contributed by atoms with van der Waals surface area (Å²) in [5.41, 5.74) is 11.1. The van der Waals surface area contributed by atoms with E-state index in [1.54, 1.807) is 30.3 Å². The third-order valence-corrected chi connectivity index (χ3v) is 4.10. The molecule has 0 bridgehead atoms. The van der Waals surface area contributed by atoms with Gasteiger partial charge >= 0.3 is 11.9 Å². The summed E-state index contributed by atoms with van der Waals surface area (Å²) in [6.45, 7) is -0.697. The van der Waals surface area contributed by atoms with Crippen molar-refractivity contribution in [1.29, 1.82) is 0 Å². The lowest BCUT2D eigenvalue weighted by Gasteiger charge is -2.23. The molecule has 32 heavy (non-hydrogen) atoms. The topological polar surface area (TPSA) is 231 Å². The van der Waals surface area contributed by atoms with Crippen molar-refractivity contribution in [2.24, 2.45) is 11.5 Å². The van der Waals surface area contributed by atoms with Gasteiger partial charge < -0.3 is 37.6 Å². The summed E-state index contributed by atoms with van der Waals surface area (Å²) in [5, 5.41) is 24.4. The Kier molecular flexibility index (Phi) is 10.3. The van der Waals surface area contributed by atoms with E-state index in [9.17, 15) is 28.8 Å². The first kappa shape index (κ1) is 26.0. The molecule has 1 rings (SSSR count). The molecular formula is C19H25N5O8. The molecular weight excluding hydrogens is 426 g/mol. The Hall–Kier alpha value is -4.00. The lowest BCUT2D eigenvalue weighted by molar-refractivity contribution is -0.141. The summed E-state index contributed by atoms with van der Waals surface area (Å²) in [5.74, 6) is -6.43. The number of nitrogens with two attached hydrogens (primary N) is 2. The van der Waals surface area contributed by atoms with E-state index in [0.29, 0.717) is 5.56 Å². The van der Waals surface area contributed by atoms with Gasteiger partial charge in [-0.1, -0.05) is 30.3 Å². The van der Waals surface area contributed by atoms with Crippen LogP contribution in [0.3, 0.4) is 0 Å². The molecule has 13 nitrogen and oxygen atoms in total. The van der Waals surface area contributed by atoms with E-state index in [-0.39, 0.29) is 6.42 Å². The molecule has 0 fully saturated rings. The van der Waals surface area contributed by atoms with Crippen molar-refractivity contribution in [2.75, 3.05) is 6.54 Å². The van der Waals surface area contributed by atoms with Gasteiger partial charge in [-0.25, -0.2) is 0 Å². The van der Waals surface area contributed by atoms with Gasteiger partial charge in [0.2, 0.25) is 23.6 Å². The van der Waals surface area contributed by atoms with Crippen LogP contribution in [0.1, 0.15) is 18.4 Å². The summed E-state index contributed by atoms with van der Waals surface area (Å²) >= 11 is 0. The number of carbonyl (C=O) groups is 6. The largest absolute Gasteiger partial charge is 0.481 e. The Labute approximate surface area is 182 Å². The maximum atomic E-state index is 12.7. The molecule has 174 valence electrons. The highest BCUT2D eigenvalue weighted by Gasteiger charge is 2.30. The Morgan fingerprint density at radius 3 is 1.94 bits per heavy atom. The maximum absolute atomic E-state index is 12.7. The number of aliphatic carboxylic acids is 2. The van der Waals surface area contributed by atoms with Crippen LogP contribution in [-0.2, 0) is 35.2 Å². The third-order valence-electron chi connectivity index (χ3n) is 4.10. The van der Waals surface area contributed by atoms with E-state index in [1.807, 2.05) is 0 Å². The van der Waals surface area contributed by atoms with Crippen molar-refractivity contribution in [3.8, 4) is 0 Å². The van der Waals surface area contributed by atoms with E-state index in [0.717, 1.165) is 0 Å². The summed E-state index contributed by atoms with van der Waals surface area (Å²) in [6.07, 6.45) is -1.40. The van der Waals surface area contributed by atoms with Gasteiger partial charge in [0.15, 0.2) is 0 Å². The molecule has 0 heterocycles. The maximum Gasteiger partial charge on any atom is 0.322 e. The van der Waals surface area contributed by atoms with Crippen molar-refractivity contribution in [3.63, 3.8) is 0 Å². The van der Waals surface area contributed by atoms with Gasteiger partial charge in [-0.2, -0.15) is 0 Å². The van der Waals surface area contributed by atoms with Crippen LogP contribution in [-0.4, -0.2) is 70.5 Å². The molecule has 0 aliphatic carbocycles. The molecule has 0 aromatic heterocycles. The van der Waals surface area contributed by atoms with Crippen LogP contribution < -0.4 is 27.4 Å². The predicted molar refractivity (Wildman–Crippen MR) is 109 cm³/mol. The standard InChI is InChI=1S/C19H25N5O8/c20-11(7-14(21)25)17(30)23-13(8-15(26)27)19(32)24-12(18(31)22-9-16(28)29)6-10-4-2-1-3-5-10/h1-5,11-13H,6-9,20H2,(H2,21,25)(H,22,31)(H,23,30)(H,24,32)(H,26,27)(H,28,29). The number of carboxylic acids is 2. The minimum Gasteiger partial charge on any atom is -0.481 e. The minimum atomic E-state index is -1.62. The average Bonchev–Trinajstić information content (AvgIpc) is 2.70. The van der Waals surface area contributed by atoms with Gasteiger partial charge in [-0.05, 0) is 5.56 Å². The van der Waals surface area contributed by atoms with Crippen molar-refractivity contribution in [2.45, 2.75) is 37.4 Å². The van der Waals surface area contributed by atoms with Crippen LogP contribution in [0.2, 0.25) is 0 Å². The second kappa shape index (κ2) is 12.6. The number of carbonyl (C=O) groups excluding carboxylic acids is 4.